The first kappa shape index (κ1) is 18.7. The van der Waals surface area contributed by atoms with E-state index in [2.05, 4.69) is 15.3 Å². The second kappa shape index (κ2) is 7.09. The number of amides is 1. The highest BCUT2D eigenvalue weighted by molar-refractivity contribution is 6.06. The van der Waals surface area contributed by atoms with Crippen LogP contribution in [0.5, 0.6) is 0 Å². The lowest BCUT2D eigenvalue weighted by molar-refractivity contribution is 0.0175. The average molecular weight is 392 g/mol. The van der Waals surface area contributed by atoms with Crippen LogP contribution in [0.2, 0.25) is 0 Å². The molecule has 0 atom stereocenters. The fourth-order valence-electron chi connectivity index (χ4n) is 3.12. The first-order valence-electron chi connectivity index (χ1n) is 9.00. The molecule has 0 aliphatic carbocycles. The number of hydrogen-bond donors (Lipinski definition) is 1. The number of hydrogen-bond acceptors (Lipinski definition) is 3. The Morgan fingerprint density at radius 2 is 1.90 bits per heavy atom. The van der Waals surface area contributed by atoms with Gasteiger partial charge in [0.1, 0.15) is 0 Å². The number of halogens is 2. The van der Waals surface area contributed by atoms with Gasteiger partial charge in [-0.05, 0) is 18.2 Å². The Hall–Kier alpha value is -3.61. The van der Waals surface area contributed by atoms with E-state index < -0.39 is 5.92 Å². The largest absolute Gasteiger partial charge is 0.330 e. The van der Waals surface area contributed by atoms with Gasteiger partial charge in [0.15, 0.2) is 5.82 Å². The molecule has 0 fully saturated rings. The molecule has 1 N–H and O–H groups in total. The van der Waals surface area contributed by atoms with Crippen molar-refractivity contribution in [3.8, 4) is 11.3 Å². The van der Waals surface area contributed by atoms with Crippen molar-refractivity contribution in [3.63, 3.8) is 0 Å². The number of benzene rings is 2. The highest BCUT2D eigenvalue weighted by Crippen LogP contribution is 2.31. The van der Waals surface area contributed by atoms with Crippen molar-refractivity contribution >= 4 is 22.5 Å². The van der Waals surface area contributed by atoms with Gasteiger partial charge in [0.2, 0.25) is 0 Å². The number of para-hydroxylation sites is 1. The molecule has 0 aliphatic heterocycles. The van der Waals surface area contributed by atoms with Crippen molar-refractivity contribution in [1.29, 1.82) is 0 Å². The molecule has 0 saturated heterocycles. The molecule has 0 unspecified atom stereocenters. The third-order valence-corrected chi connectivity index (χ3v) is 4.66. The number of rotatable bonds is 4. The van der Waals surface area contributed by atoms with Gasteiger partial charge >= 0.3 is 0 Å². The van der Waals surface area contributed by atoms with Gasteiger partial charge in [0.25, 0.3) is 11.8 Å². The second-order valence-corrected chi connectivity index (χ2v) is 6.86. The van der Waals surface area contributed by atoms with Crippen molar-refractivity contribution in [3.05, 3.63) is 78.4 Å². The summed E-state index contributed by atoms with van der Waals surface area (Å²) in [5, 5.41) is 3.66. The van der Waals surface area contributed by atoms with E-state index in [9.17, 15) is 13.6 Å². The van der Waals surface area contributed by atoms with Gasteiger partial charge in [-0.25, -0.2) is 18.7 Å². The number of aryl methyl sites for hydroxylation is 1. The minimum absolute atomic E-state index is 0.0757. The lowest BCUT2D eigenvalue weighted by atomic mass is 10.0. The van der Waals surface area contributed by atoms with Crippen LogP contribution in [-0.4, -0.2) is 20.4 Å². The van der Waals surface area contributed by atoms with E-state index in [1.165, 1.54) is 12.1 Å². The van der Waals surface area contributed by atoms with Crippen molar-refractivity contribution < 1.29 is 13.6 Å². The molecule has 29 heavy (non-hydrogen) atoms. The number of carbonyl (C=O) groups is 1. The maximum absolute atomic E-state index is 13.7. The summed E-state index contributed by atoms with van der Waals surface area (Å²) in [6.07, 6.45) is 3.23. The SMILES string of the molecule is Cn1ccnc1C(=O)Nc1cccc2ccc(-c3cccc(C(C)(F)F)c3)nc12. The molecule has 2 aromatic heterocycles. The van der Waals surface area contributed by atoms with Crippen LogP contribution in [0.4, 0.5) is 14.5 Å². The minimum atomic E-state index is -2.94. The molecule has 4 rings (SSSR count). The van der Waals surface area contributed by atoms with Crippen molar-refractivity contribution in [2.75, 3.05) is 5.32 Å². The van der Waals surface area contributed by atoms with Gasteiger partial charge in [-0.1, -0.05) is 36.4 Å². The number of imidazole rings is 1. The van der Waals surface area contributed by atoms with E-state index >= 15 is 0 Å². The Kier molecular flexibility index (Phi) is 4.58. The zero-order valence-corrected chi connectivity index (χ0v) is 15.9. The number of anilines is 1. The molecule has 0 aliphatic rings. The van der Waals surface area contributed by atoms with Gasteiger partial charge in [0, 0.05) is 42.9 Å². The molecule has 146 valence electrons. The highest BCUT2D eigenvalue weighted by Gasteiger charge is 2.24. The lowest BCUT2D eigenvalue weighted by Gasteiger charge is -2.13. The molecule has 0 radical (unpaired) electrons. The molecule has 0 spiro atoms. The summed E-state index contributed by atoms with van der Waals surface area (Å²) < 4.78 is 29.0. The normalized spacial score (nSPS) is 11.6. The van der Waals surface area contributed by atoms with Crippen LogP contribution in [0.1, 0.15) is 23.1 Å². The van der Waals surface area contributed by atoms with Crippen molar-refractivity contribution in [2.24, 2.45) is 7.05 Å². The molecule has 0 bridgehead atoms. The summed E-state index contributed by atoms with van der Waals surface area (Å²) in [5.41, 5.74) is 2.14. The number of aromatic nitrogens is 3. The Morgan fingerprint density at radius 3 is 2.62 bits per heavy atom. The summed E-state index contributed by atoms with van der Waals surface area (Å²) in [6, 6.07) is 15.2. The van der Waals surface area contributed by atoms with Gasteiger partial charge in [-0.2, -0.15) is 0 Å². The minimum Gasteiger partial charge on any atom is -0.330 e. The monoisotopic (exact) mass is 392 g/mol. The number of pyridine rings is 1. The van der Waals surface area contributed by atoms with Crippen LogP contribution in [-0.2, 0) is 13.0 Å². The predicted molar refractivity (Wildman–Crippen MR) is 108 cm³/mol. The molecule has 5 nitrogen and oxygen atoms in total. The molecule has 4 aromatic rings. The quantitative estimate of drug-likeness (QED) is 0.532. The fraction of sp³-hybridized carbons (Fsp3) is 0.136. The smallest absolute Gasteiger partial charge is 0.291 e. The van der Waals surface area contributed by atoms with Crippen LogP contribution in [0.15, 0.2) is 67.0 Å². The number of carbonyl (C=O) groups excluding carboxylic acids is 1. The maximum atomic E-state index is 13.7. The van der Waals surface area contributed by atoms with E-state index in [0.29, 0.717) is 22.5 Å². The van der Waals surface area contributed by atoms with Gasteiger partial charge in [0.05, 0.1) is 16.9 Å². The molecule has 0 saturated carbocycles. The Labute approximate surface area is 166 Å². The predicted octanol–water partition coefficient (Wildman–Crippen LogP) is 5.00. The summed E-state index contributed by atoms with van der Waals surface area (Å²) >= 11 is 0. The molecular weight excluding hydrogens is 374 g/mol. The van der Waals surface area contributed by atoms with Crippen molar-refractivity contribution in [2.45, 2.75) is 12.8 Å². The number of nitrogens with zero attached hydrogens (tertiary/aromatic N) is 3. The first-order valence-corrected chi connectivity index (χ1v) is 9.00. The maximum Gasteiger partial charge on any atom is 0.291 e. The third-order valence-electron chi connectivity index (χ3n) is 4.66. The Morgan fingerprint density at radius 1 is 1.10 bits per heavy atom. The van der Waals surface area contributed by atoms with Crippen LogP contribution in [0.3, 0.4) is 0 Å². The molecule has 7 heteroatoms. The summed E-state index contributed by atoms with van der Waals surface area (Å²) in [7, 11) is 1.73. The van der Waals surface area contributed by atoms with Crippen LogP contribution < -0.4 is 5.32 Å². The number of alkyl halides is 2. The van der Waals surface area contributed by atoms with E-state index in [4.69, 9.17) is 0 Å². The zero-order chi connectivity index (χ0) is 20.6. The van der Waals surface area contributed by atoms with E-state index in [1.54, 1.807) is 48.3 Å². The molecule has 2 heterocycles. The van der Waals surface area contributed by atoms with Crippen LogP contribution >= 0.6 is 0 Å². The summed E-state index contributed by atoms with van der Waals surface area (Å²) in [6.45, 7) is 0.866. The molecule has 2 aromatic carbocycles. The van der Waals surface area contributed by atoms with Gasteiger partial charge in [-0.3, -0.25) is 4.79 Å². The fourth-order valence-corrected chi connectivity index (χ4v) is 3.12. The first-order chi connectivity index (χ1) is 13.8. The van der Waals surface area contributed by atoms with Gasteiger partial charge < -0.3 is 9.88 Å². The number of nitrogens with one attached hydrogen (secondary N) is 1. The average Bonchev–Trinajstić information content (AvgIpc) is 3.13. The zero-order valence-electron chi connectivity index (χ0n) is 15.9. The Balaban J connectivity index is 1.75. The lowest BCUT2D eigenvalue weighted by Crippen LogP contribution is -2.17. The number of fused-ring (bicyclic) bond motifs is 1. The summed E-state index contributed by atoms with van der Waals surface area (Å²) in [4.78, 5) is 21.2. The highest BCUT2D eigenvalue weighted by atomic mass is 19.3. The summed E-state index contributed by atoms with van der Waals surface area (Å²) in [5.74, 6) is -3.02. The van der Waals surface area contributed by atoms with Crippen LogP contribution in [0.25, 0.3) is 22.2 Å². The second-order valence-electron chi connectivity index (χ2n) is 6.86. The van der Waals surface area contributed by atoms with Crippen molar-refractivity contribution in [1.82, 2.24) is 14.5 Å². The Bertz CT molecular complexity index is 1210. The molecular formula is C22H18F2N4O. The van der Waals surface area contributed by atoms with E-state index in [1.807, 2.05) is 18.2 Å². The van der Waals surface area contributed by atoms with Gasteiger partial charge in [-0.15, -0.1) is 0 Å². The van der Waals surface area contributed by atoms with E-state index in [-0.39, 0.29) is 17.3 Å². The topological polar surface area (TPSA) is 59.8 Å². The third kappa shape index (κ3) is 3.71. The van der Waals surface area contributed by atoms with Crippen LogP contribution in [0, 0.1) is 0 Å². The van der Waals surface area contributed by atoms with E-state index in [0.717, 1.165) is 12.3 Å². The standard InChI is InChI=1S/C22H18F2N4O/c1-22(23,24)16-7-3-6-15(13-16)17-10-9-14-5-4-8-18(19(14)26-17)27-21(29)20-25-11-12-28(20)2/h3-13H,1-2H3,(H,27,29). The molecule has 1 amide bonds.